The van der Waals surface area contributed by atoms with Gasteiger partial charge in [-0.1, -0.05) is 30.3 Å². The van der Waals surface area contributed by atoms with E-state index in [1.165, 1.54) is 21.2 Å². The number of nitrogens with zero attached hydrogens (tertiary/aromatic N) is 1. The van der Waals surface area contributed by atoms with Crippen molar-refractivity contribution in [2.45, 2.75) is 12.1 Å². The molecule has 1 aliphatic rings. The number of aliphatic hydroxyl groups excluding tert-OH is 1. The van der Waals surface area contributed by atoms with E-state index in [2.05, 4.69) is 53.7 Å². The van der Waals surface area contributed by atoms with E-state index in [9.17, 15) is 5.11 Å². The van der Waals surface area contributed by atoms with Crippen molar-refractivity contribution in [2.75, 3.05) is 13.6 Å². The van der Waals surface area contributed by atoms with Crippen LogP contribution in [0.2, 0.25) is 0 Å². The van der Waals surface area contributed by atoms with Crippen LogP contribution in [0.25, 0.3) is 10.1 Å². The molecule has 0 bridgehead atoms. The normalized spacial score (nSPS) is 22.4. The molecule has 2 aromatic carbocycles. The second-order valence-electron chi connectivity index (χ2n) is 5.70. The Morgan fingerprint density at radius 3 is 2.76 bits per heavy atom. The molecular formula is C18H17NOS. The van der Waals surface area contributed by atoms with Crippen molar-refractivity contribution in [3.63, 3.8) is 0 Å². The van der Waals surface area contributed by atoms with Crippen LogP contribution >= 0.6 is 11.3 Å². The second kappa shape index (κ2) is 4.95. The smallest absolute Gasteiger partial charge is 0.0920 e. The number of fused-ring (bicyclic) bond motifs is 2. The minimum atomic E-state index is -0.396. The summed E-state index contributed by atoms with van der Waals surface area (Å²) in [6.45, 7) is 0.670. The summed E-state index contributed by atoms with van der Waals surface area (Å²) >= 11 is 1.78. The van der Waals surface area contributed by atoms with Crippen molar-refractivity contribution in [1.29, 1.82) is 0 Å². The van der Waals surface area contributed by atoms with E-state index < -0.39 is 6.10 Å². The van der Waals surface area contributed by atoms with Gasteiger partial charge in [0.2, 0.25) is 0 Å². The minimum Gasteiger partial charge on any atom is -0.387 e. The molecule has 0 amide bonds. The number of benzene rings is 2. The van der Waals surface area contributed by atoms with E-state index in [4.69, 9.17) is 0 Å². The van der Waals surface area contributed by atoms with Crippen LogP contribution in [-0.2, 0) is 0 Å². The summed E-state index contributed by atoms with van der Waals surface area (Å²) in [6, 6.07) is 17.3. The maximum absolute atomic E-state index is 10.3. The average Bonchev–Trinajstić information content (AvgIpc) is 2.95. The Morgan fingerprint density at radius 1 is 1.10 bits per heavy atom. The third-order valence-corrected chi connectivity index (χ3v) is 5.24. The summed E-state index contributed by atoms with van der Waals surface area (Å²) < 4.78 is 1.32. The van der Waals surface area contributed by atoms with Crippen LogP contribution in [0.1, 0.15) is 28.8 Å². The monoisotopic (exact) mass is 295 g/mol. The number of hydrogen-bond acceptors (Lipinski definition) is 3. The summed E-state index contributed by atoms with van der Waals surface area (Å²) in [4.78, 5) is 2.24. The maximum atomic E-state index is 10.3. The third kappa shape index (κ3) is 2.09. The lowest BCUT2D eigenvalue weighted by atomic mass is 9.87. The fourth-order valence-electron chi connectivity index (χ4n) is 3.37. The molecule has 1 aliphatic heterocycles. The van der Waals surface area contributed by atoms with Gasteiger partial charge < -0.3 is 5.11 Å². The maximum Gasteiger partial charge on any atom is 0.0920 e. The van der Waals surface area contributed by atoms with Gasteiger partial charge in [-0.25, -0.2) is 0 Å². The SMILES string of the molecule is CN1CC(O)c2ccccc2C1c1ccc2sccc2c1. The highest BCUT2D eigenvalue weighted by Gasteiger charge is 2.30. The van der Waals surface area contributed by atoms with Gasteiger partial charge in [-0.2, -0.15) is 0 Å². The van der Waals surface area contributed by atoms with E-state index >= 15 is 0 Å². The highest BCUT2D eigenvalue weighted by atomic mass is 32.1. The van der Waals surface area contributed by atoms with Crippen molar-refractivity contribution in [1.82, 2.24) is 4.90 Å². The summed E-state index contributed by atoms with van der Waals surface area (Å²) in [5.41, 5.74) is 3.57. The molecule has 0 aliphatic carbocycles. The first-order chi connectivity index (χ1) is 10.2. The first-order valence-electron chi connectivity index (χ1n) is 7.18. The number of rotatable bonds is 1. The van der Waals surface area contributed by atoms with Crippen LogP contribution < -0.4 is 0 Å². The Morgan fingerprint density at radius 2 is 1.90 bits per heavy atom. The average molecular weight is 295 g/mol. The molecule has 0 saturated heterocycles. The molecule has 2 heterocycles. The zero-order valence-electron chi connectivity index (χ0n) is 11.9. The van der Waals surface area contributed by atoms with E-state index in [-0.39, 0.29) is 6.04 Å². The number of hydrogen-bond donors (Lipinski definition) is 1. The number of β-amino-alcohol motifs (C(OH)–C–C–N with tert-alkyl or cyclic N) is 1. The Labute approximate surface area is 128 Å². The predicted octanol–water partition coefficient (Wildman–Crippen LogP) is 3.97. The topological polar surface area (TPSA) is 23.5 Å². The molecule has 21 heavy (non-hydrogen) atoms. The molecular weight excluding hydrogens is 278 g/mol. The molecule has 3 aromatic rings. The highest BCUT2D eigenvalue weighted by molar-refractivity contribution is 7.17. The zero-order valence-corrected chi connectivity index (χ0v) is 12.7. The molecule has 4 rings (SSSR count). The lowest BCUT2D eigenvalue weighted by Gasteiger charge is -2.37. The van der Waals surface area contributed by atoms with Crippen molar-refractivity contribution < 1.29 is 5.11 Å². The number of thiophene rings is 1. The molecule has 1 aromatic heterocycles. The van der Waals surface area contributed by atoms with Crippen LogP contribution in [0, 0.1) is 0 Å². The molecule has 106 valence electrons. The van der Waals surface area contributed by atoms with Gasteiger partial charge in [0.05, 0.1) is 12.1 Å². The summed E-state index contributed by atoms with van der Waals surface area (Å²) in [5, 5.41) is 13.7. The first-order valence-corrected chi connectivity index (χ1v) is 8.06. The van der Waals surface area contributed by atoms with Gasteiger partial charge in [0, 0.05) is 11.2 Å². The molecule has 2 atom stereocenters. The van der Waals surface area contributed by atoms with E-state index in [1.54, 1.807) is 11.3 Å². The number of aliphatic hydroxyl groups is 1. The van der Waals surface area contributed by atoms with E-state index in [0.29, 0.717) is 6.54 Å². The summed E-state index contributed by atoms with van der Waals surface area (Å²) in [7, 11) is 2.08. The summed E-state index contributed by atoms with van der Waals surface area (Å²) in [6.07, 6.45) is -0.396. The van der Waals surface area contributed by atoms with Gasteiger partial charge >= 0.3 is 0 Å². The lowest BCUT2D eigenvalue weighted by molar-refractivity contribution is 0.0945. The quantitative estimate of drug-likeness (QED) is 0.734. The first kappa shape index (κ1) is 13.0. The van der Waals surface area contributed by atoms with Gasteiger partial charge in [-0.05, 0) is 52.7 Å². The van der Waals surface area contributed by atoms with Crippen molar-refractivity contribution in [2.24, 2.45) is 0 Å². The molecule has 1 N–H and O–H groups in total. The Hall–Kier alpha value is -1.68. The number of likely N-dealkylation sites (N-methyl/N-ethyl adjacent to an activating group) is 1. The molecule has 3 heteroatoms. The van der Waals surface area contributed by atoms with Gasteiger partial charge in [0.1, 0.15) is 0 Å². The highest BCUT2D eigenvalue weighted by Crippen LogP contribution is 2.39. The Balaban J connectivity index is 1.88. The Bertz CT molecular complexity index is 795. The molecule has 0 fully saturated rings. The van der Waals surface area contributed by atoms with Crippen molar-refractivity contribution in [3.05, 3.63) is 70.6 Å². The van der Waals surface area contributed by atoms with Gasteiger partial charge in [0.15, 0.2) is 0 Å². The standard InChI is InChI=1S/C18H17NOS/c1-19-11-16(20)14-4-2-3-5-15(14)18(19)13-6-7-17-12(10-13)8-9-21-17/h2-10,16,18,20H,11H2,1H3. The lowest BCUT2D eigenvalue weighted by Crippen LogP contribution is -2.35. The van der Waals surface area contributed by atoms with Gasteiger partial charge in [-0.15, -0.1) is 11.3 Å². The fraction of sp³-hybridized carbons (Fsp3) is 0.222. The van der Waals surface area contributed by atoms with Gasteiger partial charge in [0.25, 0.3) is 0 Å². The largest absolute Gasteiger partial charge is 0.387 e. The Kier molecular flexibility index (Phi) is 3.07. The second-order valence-corrected chi connectivity index (χ2v) is 6.65. The third-order valence-electron chi connectivity index (χ3n) is 4.34. The molecule has 2 unspecified atom stereocenters. The summed E-state index contributed by atoms with van der Waals surface area (Å²) in [5.74, 6) is 0. The molecule has 2 nitrogen and oxygen atoms in total. The van der Waals surface area contributed by atoms with E-state index in [1.807, 2.05) is 12.1 Å². The van der Waals surface area contributed by atoms with Gasteiger partial charge in [-0.3, -0.25) is 4.90 Å². The zero-order chi connectivity index (χ0) is 14.4. The van der Waals surface area contributed by atoms with Crippen molar-refractivity contribution >= 4 is 21.4 Å². The van der Waals surface area contributed by atoms with Crippen molar-refractivity contribution in [3.8, 4) is 0 Å². The van der Waals surface area contributed by atoms with Crippen LogP contribution in [0.3, 0.4) is 0 Å². The van der Waals surface area contributed by atoms with Crippen LogP contribution in [0.15, 0.2) is 53.9 Å². The van der Waals surface area contributed by atoms with Crippen LogP contribution in [-0.4, -0.2) is 23.6 Å². The van der Waals surface area contributed by atoms with E-state index in [0.717, 1.165) is 5.56 Å². The molecule has 0 saturated carbocycles. The van der Waals surface area contributed by atoms with Crippen LogP contribution in [0.5, 0.6) is 0 Å². The predicted molar refractivity (Wildman–Crippen MR) is 87.7 cm³/mol. The molecule has 0 radical (unpaired) electrons. The fourth-order valence-corrected chi connectivity index (χ4v) is 4.14. The van der Waals surface area contributed by atoms with Crippen LogP contribution in [0.4, 0.5) is 0 Å². The minimum absolute atomic E-state index is 0.217. The molecule has 0 spiro atoms.